The highest BCUT2D eigenvalue weighted by molar-refractivity contribution is 9.11. The van der Waals surface area contributed by atoms with Crippen LogP contribution in [-0.4, -0.2) is 11.0 Å². The minimum Gasteiger partial charge on any atom is -0.308 e. The zero-order chi connectivity index (χ0) is 10.7. The van der Waals surface area contributed by atoms with Crippen LogP contribution in [0.25, 0.3) is 0 Å². The summed E-state index contributed by atoms with van der Waals surface area (Å²) in [5, 5.41) is 3.55. The van der Waals surface area contributed by atoms with E-state index in [2.05, 4.69) is 42.2 Å². The summed E-state index contributed by atoms with van der Waals surface area (Å²) < 4.78 is 2.08. The molecule has 0 unspecified atom stereocenters. The average molecular weight is 334 g/mol. The number of halogens is 2. The van der Waals surface area contributed by atoms with Gasteiger partial charge in [-0.25, -0.2) is 0 Å². The largest absolute Gasteiger partial charge is 0.308 e. The lowest BCUT2D eigenvalue weighted by Crippen LogP contribution is -2.25. The van der Waals surface area contributed by atoms with Crippen LogP contribution in [0.2, 0.25) is 0 Å². The second-order valence-electron chi connectivity index (χ2n) is 3.94. The van der Waals surface area contributed by atoms with Crippen molar-refractivity contribution in [3.63, 3.8) is 0 Å². The molecule has 4 heteroatoms. The summed E-state index contributed by atoms with van der Waals surface area (Å²) in [6, 6.07) is 2.74. The molecule has 1 aromatic heterocycles. The minimum absolute atomic E-state index is 0.697. The zero-order valence-electron chi connectivity index (χ0n) is 8.47. The standard InChI is InChI=1S/C11H14Br2N2/c12-8-5-10(13)11(15-6-8)7-14-9-3-1-2-4-9/h5-6,9,14H,1-4,7H2. The van der Waals surface area contributed by atoms with Gasteiger partial charge in [-0.05, 0) is 50.8 Å². The highest BCUT2D eigenvalue weighted by atomic mass is 79.9. The SMILES string of the molecule is Brc1cnc(CNC2CCCC2)c(Br)c1. The fourth-order valence-corrected chi connectivity index (χ4v) is 3.07. The highest BCUT2D eigenvalue weighted by Crippen LogP contribution is 2.21. The number of nitrogens with one attached hydrogen (secondary N) is 1. The first-order chi connectivity index (χ1) is 7.25. The van der Waals surface area contributed by atoms with Crippen LogP contribution in [0.1, 0.15) is 31.4 Å². The van der Waals surface area contributed by atoms with Crippen molar-refractivity contribution in [3.8, 4) is 0 Å². The van der Waals surface area contributed by atoms with Crippen molar-refractivity contribution in [2.24, 2.45) is 0 Å². The molecular formula is C11H14Br2N2. The average Bonchev–Trinajstić information content (AvgIpc) is 2.69. The number of hydrogen-bond donors (Lipinski definition) is 1. The lowest BCUT2D eigenvalue weighted by Gasteiger charge is -2.12. The number of hydrogen-bond acceptors (Lipinski definition) is 2. The molecule has 0 spiro atoms. The molecule has 0 aromatic carbocycles. The van der Waals surface area contributed by atoms with Gasteiger partial charge in [-0.1, -0.05) is 12.8 Å². The van der Waals surface area contributed by atoms with Crippen molar-refractivity contribution in [1.82, 2.24) is 10.3 Å². The van der Waals surface area contributed by atoms with E-state index in [1.165, 1.54) is 25.7 Å². The number of nitrogens with zero attached hydrogens (tertiary/aromatic N) is 1. The van der Waals surface area contributed by atoms with E-state index >= 15 is 0 Å². The molecule has 1 aliphatic carbocycles. The van der Waals surface area contributed by atoms with Crippen LogP contribution in [-0.2, 0) is 6.54 Å². The van der Waals surface area contributed by atoms with E-state index in [0.717, 1.165) is 21.2 Å². The summed E-state index contributed by atoms with van der Waals surface area (Å²) in [5.74, 6) is 0. The first-order valence-electron chi connectivity index (χ1n) is 5.29. The summed E-state index contributed by atoms with van der Waals surface area (Å²) in [5.41, 5.74) is 1.09. The van der Waals surface area contributed by atoms with Gasteiger partial charge in [-0.3, -0.25) is 4.98 Å². The third-order valence-electron chi connectivity index (χ3n) is 2.80. The van der Waals surface area contributed by atoms with Gasteiger partial charge in [0.25, 0.3) is 0 Å². The van der Waals surface area contributed by atoms with E-state index in [1.54, 1.807) is 0 Å². The topological polar surface area (TPSA) is 24.9 Å². The Balaban J connectivity index is 1.92. The molecule has 0 radical (unpaired) electrons. The van der Waals surface area contributed by atoms with Crippen LogP contribution in [0, 0.1) is 0 Å². The first-order valence-corrected chi connectivity index (χ1v) is 6.87. The van der Waals surface area contributed by atoms with Crippen molar-refractivity contribution in [2.75, 3.05) is 0 Å². The summed E-state index contributed by atoms with van der Waals surface area (Å²) in [4.78, 5) is 4.38. The number of rotatable bonds is 3. The van der Waals surface area contributed by atoms with E-state index < -0.39 is 0 Å². The third-order valence-corrected chi connectivity index (χ3v) is 3.92. The second kappa shape index (κ2) is 5.41. The lowest BCUT2D eigenvalue weighted by atomic mass is 10.2. The minimum atomic E-state index is 0.697. The van der Waals surface area contributed by atoms with Gasteiger partial charge in [0.1, 0.15) is 0 Å². The molecule has 0 bridgehead atoms. The molecule has 15 heavy (non-hydrogen) atoms. The number of aromatic nitrogens is 1. The zero-order valence-corrected chi connectivity index (χ0v) is 11.6. The Bertz CT molecular complexity index is 335. The second-order valence-corrected chi connectivity index (χ2v) is 5.71. The van der Waals surface area contributed by atoms with Crippen LogP contribution in [0.5, 0.6) is 0 Å². The summed E-state index contributed by atoms with van der Waals surface area (Å²) in [6.45, 7) is 0.860. The summed E-state index contributed by atoms with van der Waals surface area (Å²) in [7, 11) is 0. The maximum Gasteiger partial charge on any atom is 0.0684 e. The van der Waals surface area contributed by atoms with E-state index in [-0.39, 0.29) is 0 Å². The van der Waals surface area contributed by atoms with E-state index in [4.69, 9.17) is 0 Å². The fraction of sp³-hybridized carbons (Fsp3) is 0.545. The summed E-state index contributed by atoms with van der Waals surface area (Å²) in [6.07, 6.45) is 7.21. The molecule has 0 amide bonds. The predicted molar refractivity (Wildman–Crippen MR) is 68.7 cm³/mol. The van der Waals surface area contributed by atoms with Gasteiger partial charge in [0.15, 0.2) is 0 Å². The first kappa shape index (κ1) is 11.6. The quantitative estimate of drug-likeness (QED) is 0.913. The Hall–Kier alpha value is 0.0700. The molecular weight excluding hydrogens is 320 g/mol. The molecule has 1 N–H and O–H groups in total. The van der Waals surface area contributed by atoms with Gasteiger partial charge in [0.05, 0.1) is 5.69 Å². The highest BCUT2D eigenvalue weighted by Gasteiger charge is 2.14. The lowest BCUT2D eigenvalue weighted by molar-refractivity contribution is 0.518. The molecule has 2 rings (SSSR count). The van der Waals surface area contributed by atoms with Crippen LogP contribution in [0.4, 0.5) is 0 Å². The van der Waals surface area contributed by atoms with Crippen LogP contribution >= 0.6 is 31.9 Å². The molecule has 2 nitrogen and oxygen atoms in total. The van der Waals surface area contributed by atoms with Gasteiger partial charge in [-0.15, -0.1) is 0 Å². The van der Waals surface area contributed by atoms with Crippen molar-refractivity contribution in [1.29, 1.82) is 0 Å². The molecule has 1 aromatic rings. The van der Waals surface area contributed by atoms with Gasteiger partial charge in [0.2, 0.25) is 0 Å². The molecule has 1 heterocycles. The van der Waals surface area contributed by atoms with Crippen LogP contribution in [0.15, 0.2) is 21.2 Å². The van der Waals surface area contributed by atoms with Crippen molar-refractivity contribution < 1.29 is 0 Å². The van der Waals surface area contributed by atoms with Crippen LogP contribution < -0.4 is 5.32 Å². The van der Waals surface area contributed by atoms with Crippen LogP contribution in [0.3, 0.4) is 0 Å². The van der Waals surface area contributed by atoms with E-state index in [0.29, 0.717) is 6.04 Å². The molecule has 0 aliphatic heterocycles. The molecule has 1 aliphatic rings. The van der Waals surface area contributed by atoms with E-state index in [1.807, 2.05) is 12.3 Å². The maximum absolute atomic E-state index is 4.38. The third kappa shape index (κ3) is 3.26. The number of pyridine rings is 1. The maximum atomic E-state index is 4.38. The molecule has 0 atom stereocenters. The normalized spacial score (nSPS) is 17.2. The Morgan fingerprint density at radius 1 is 1.33 bits per heavy atom. The fourth-order valence-electron chi connectivity index (χ4n) is 1.94. The van der Waals surface area contributed by atoms with Gasteiger partial charge in [-0.2, -0.15) is 0 Å². The Kier molecular flexibility index (Phi) is 4.17. The molecule has 1 fully saturated rings. The van der Waals surface area contributed by atoms with Crippen molar-refractivity contribution in [2.45, 2.75) is 38.3 Å². The van der Waals surface area contributed by atoms with Crippen molar-refractivity contribution in [3.05, 3.63) is 26.9 Å². The molecule has 0 saturated heterocycles. The van der Waals surface area contributed by atoms with Gasteiger partial charge in [0, 0.05) is 27.7 Å². The monoisotopic (exact) mass is 332 g/mol. The van der Waals surface area contributed by atoms with Gasteiger partial charge < -0.3 is 5.32 Å². The summed E-state index contributed by atoms with van der Waals surface area (Å²) >= 11 is 6.92. The molecule has 82 valence electrons. The Morgan fingerprint density at radius 2 is 2.07 bits per heavy atom. The van der Waals surface area contributed by atoms with E-state index in [9.17, 15) is 0 Å². The van der Waals surface area contributed by atoms with Gasteiger partial charge >= 0.3 is 0 Å². The molecule has 1 saturated carbocycles. The predicted octanol–water partition coefficient (Wildman–Crippen LogP) is 3.64. The Morgan fingerprint density at radius 3 is 2.73 bits per heavy atom. The van der Waals surface area contributed by atoms with Crippen molar-refractivity contribution >= 4 is 31.9 Å². The Labute approximate surface area is 107 Å². The smallest absolute Gasteiger partial charge is 0.0684 e.